The number of rotatable bonds is 8. The van der Waals surface area contributed by atoms with Crippen LogP contribution in [0.2, 0.25) is 0 Å². The van der Waals surface area contributed by atoms with Gasteiger partial charge in [0.05, 0.1) is 17.7 Å². The van der Waals surface area contributed by atoms with Gasteiger partial charge in [-0.05, 0) is 75.3 Å². The number of fused-ring (bicyclic) bond motifs is 4. The monoisotopic (exact) mass is 730 g/mol. The summed E-state index contributed by atoms with van der Waals surface area (Å²) < 4.78 is 57.3. The van der Waals surface area contributed by atoms with Gasteiger partial charge < -0.3 is 20.2 Å². The Kier molecular flexibility index (Phi) is 16.0. The van der Waals surface area contributed by atoms with Crippen molar-refractivity contribution in [1.29, 1.82) is 0 Å². The summed E-state index contributed by atoms with van der Waals surface area (Å²) in [5, 5.41) is 31.2. The number of hydrogen-bond acceptors (Lipinski definition) is 6. The second-order valence-corrected chi connectivity index (χ2v) is 13.9. The molecule has 1 saturated heterocycles. The largest absolute Gasteiger partial charge is 0.465 e. The molecule has 3 atom stereocenters. The van der Waals surface area contributed by atoms with Gasteiger partial charge in [0, 0.05) is 44.6 Å². The number of piperidine rings is 1. The number of aromatic nitrogens is 1. The van der Waals surface area contributed by atoms with Crippen molar-refractivity contribution in [2.45, 2.75) is 167 Å². The molecular weight excluding hydrogens is 668 g/mol. The van der Waals surface area contributed by atoms with E-state index in [4.69, 9.17) is 9.78 Å². The molecule has 1 aliphatic heterocycles. The third-order valence-corrected chi connectivity index (χ3v) is 10.6. The highest BCUT2D eigenvalue weighted by Crippen LogP contribution is 2.48. The van der Waals surface area contributed by atoms with E-state index in [1.165, 1.54) is 51.2 Å². The minimum Gasteiger partial charge on any atom is -0.465 e. The molecule has 0 spiro atoms. The van der Waals surface area contributed by atoms with Crippen molar-refractivity contribution < 1.29 is 48.9 Å². The fourth-order valence-corrected chi connectivity index (χ4v) is 7.79. The number of nitrogens with zero attached hydrogens (tertiary/aromatic N) is 2. The molecular formula is C39H62F4N2O6. The van der Waals surface area contributed by atoms with E-state index in [1.807, 2.05) is 27.7 Å². The Labute approximate surface area is 302 Å². The second-order valence-electron chi connectivity index (χ2n) is 13.9. The van der Waals surface area contributed by atoms with Crippen LogP contribution in [0.4, 0.5) is 22.4 Å². The first-order chi connectivity index (χ1) is 24.2. The van der Waals surface area contributed by atoms with Crippen molar-refractivity contribution in [3.8, 4) is 0 Å². The zero-order chi connectivity index (χ0) is 38.0. The van der Waals surface area contributed by atoms with Gasteiger partial charge >= 0.3 is 6.09 Å². The number of carbonyl (C=O) groups is 1. The SMILES string of the molecule is CC.CC.CCC(F)(F)c1cc(C(O)C2CCCCN2C(=O)O)c2cccc(C(C)(F)F)c2n1.OC1(OOC2CCCCC2)CC2CCC1CC2.[HH]. The lowest BCUT2D eigenvalue weighted by atomic mass is 9.67. The van der Waals surface area contributed by atoms with E-state index in [0.29, 0.717) is 38.0 Å². The normalized spacial score (nSPS) is 25.8. The van der Waals surface area contributed by atoms with Crippen molar-refractivity contribution in [3.63, 3.8) is 0 Å². The average Bonchev–Trinajstić information content (AvgIpc) is 3.15. The fourth-order valence-electron chi connectivity index (χ4n) is 7.79. The minimum absolute atomic E-state index is 0. The lowest BCUT2D eigenvalue weighted by molar-refractivity contribution is -0.464. The Morgan fingerprint density at radius 3 is 2.18 bits per heavy atom. The molecule has 2 bridgehead atoms. The third-order valence-electron chi connectivity index (χ3n) is 10.6. The Hall–Kier alpha value is -2.54. The lowest BCUT2D eigenvalue weighted by Gasteiger charge is -2.47. The molecule has 4 aliphatic carbocycles. The quantitative estimate of drug-likeness (QED) is 0.107. The zero-order valence-corrected chi connectivity index (χ0v) is 31.3. The standard InChI is InChI=1S/C21H24F4N2O3.C14H24O3.2C2H6.H2/c1-3-21(24,25)16-11-13(18(28)15-9-4-5-10-27(15)19(29)30)12-7-6-8-14(17(12)26-16)20(2,22)23;15-14(10-11-6-8-12(14)9-7-11)17-16-13-4-2-1-3-5-13;2*1-2;/h6-8,11,15,18,28H,3-5,9-10H2,1-2H3,(H,29,30);11-13,15H,1-10H2;2*1-2H3;1H. The van der Waals surface area contributed by atoms with Crippen LogP contribution in [0.5, 0.6) is 0 Å². The van der Waals surface area contributed by atoms with Gasteiger partial charge in [-0.25, -0.2) is 28.3 Å². The maximum atomic E-state index is 14.5. The Morgan fingerprint density at radius 1 is 1.00 bits per heavy atom. The molecule has 1 aromatic carbocycles. The van der Waals surface area contributed by atoms with E-state index in [2.05, 4.69) is 4.98 Å². The summed E-state index contributed by atoms with van der Waals surface area (Å²) in [6, 6.07) is 4.04. The highest BCUT2D eigenvalue weighted by Gasteiger charge is 2.49. The predicted molar refractivity (Wildman–Crippen MR) is 192 cm³/mol. The number of hydrogen-bond donors (Lipinski definition) is 3. The van der Waals surface area contributed by atoms with Crippen molar-refractivity contribution >= 4 is 17.0 Å². The van der Waals surface area contributed by atoms with E-state index in [1.54, 1.807) is 0 Å². The molecule has 8 nitrogen and oxygen atoms in total. The van der Waals surface area contributed by atoms with Crippen molar-refractivity contribution in [1.82, 2.24) is 9.88 Å². The number of amides is 1. The van der Waals surface area contributed by atoms with Crippen LogP contribution in [-0.4, -0.2) is 55.8 Å². The number of alkyl halides is 4. The van der Waals surface area contributed by atoms with Gasteiger partial charge in [0.1, 0.15) is 11.8 Å². The molecule has 3 unspecified atom stereocenters. The summed E-state index contributed by atoms with van der Waals surface area (Å²) in [7, 11) is 0. The van der Waals surface area contributed by atoms with E-state index in [0.717, 1.165) is 49.1 Å². The first-order valence-corrected chi connectivity index (χ1v) is 19.2. The molecule has 12 heteroatoms. The van der Waals surface area contributed by atoms with Gasteiger partial charge in [0.2, 0.25) is 5.79 Å². The van der Waals surface area contributed by atoms with Gasteiger partial charge in [-0.15, -0.1) is 0 Å². The molecule has 7 rings (SSSR count). The van der Waals surface area contributed by atoms with E-state index in [-0.39, 0.29) is 30.5 Å². The summed E-state index contributed by atoms with van der Waals surface area (Å²) in [6.07, 6.45) is 10.0. The maximum Gasteiger partial charge on any atom is 0.407 e. The van der Waals surface area contributed by atoms with Gasteiger partial charge in [-0.3, -0.25) is 0 Å². The van der Waals surface area contributed by atoms with Crippen molar-refractivity contribution in [3.05, 3.63) is 41.1 Å². The van der Waals surface area contributed by atoms with Gasteiger partial charge in [0.25, 0.3) is 11.8 Å². The molecule has 292 valence electrons. The number of halogens is 4. The van der Waals surface area contributed by atoms with E-state index >= 15 is 0 Å². The molecule has 1 aromatic heterocycles. The van der Waals surface area contributed by atoms with Crippen LogP contribution < -0.4 is 0 Å². The third kappa shape index (κ3) is 10.5. The molecule has 0 radical (unpaired) electrons. The van der Waals surface area contributed by atoms with E-state index < -0.39 is 53.5 Å². The highest BCUT2D eigenvalue weighted by atomic mass is 19.3. The molecule has 2 heterocycles. The average molecular weight is 731 g/mol. The highest BCUT2D eigenvalue weighted by molar-refractivity contribution is 5.86. The summed E-state index contributed by atoms with van der Waals surface area (Å²) in [6.45, 7) is 10.1. The summed E-state index contributed by atoms with van der Waals surface area (Å²) >= 11 is 0. The van der Waals surface area contributed by atoms with Crippen LogP contribution in [0.1, 0.15) is 156 Å². The van der Waals surface area contributed by atoms with Gasteiger partial charge in [-0.2, -0.15) is 8.78 Å². The van der Waals surface area contributed by atoms with Gasteiger partial charge in [0.15, 0.2) is 0 Å². The Bertz CT molecular complexity index is 1380. The smallest absolute Gasteiger partial charge is 0.407 e. The summed E-state index contributed by atoms with van der Waals surface area (Å²) in [5.74, 6) is -6.75. The summed E-state index contributed by atoms with van der Waals surface area (Å²) in [5.41, 5.74) is -1.59. The van der Waals surface area contributed by atoms with Crippen LogP contribution in [0.3, 0.4) is 0 Å². The van der Waals surface area contributed by atoms with Crippen molar-refractivity contribution in [2.24, 2.45) is 11.8 Å². The topological polar surface area (TPSA) is 112 Å². The van der Waals surface area contributed by atoms with Gasteiger partial charge in [-0.1, -0.05) is 72.1 Å². The van der Waals surface area contributed by atoms with Crippen LogP contribution in [-0.2, 0) is 21.6 Å². The number of pyridine rings is 1. The van der Waals surface area contributed by atoms with Crippen molar-refractivity contribution in [2.75, 3.05) is 6.54 Å². The molecule has 4 saturated carbocycles. The van der Waals surface area contributed by atoms with Crippen LogP contribution in [0, 0.1) is 11.8 Å². The summed E-state index contributed by atoms with van der Waals surface area (Å²) in [4.78, 5) is 27.6. The molecule has 5 fully saturated rings. The predicted octanol–water partition coefficient (Wildman–Crippen LogP) is 10.9. The van der Waals surface area contributed by atoms with Crippen LogP contribution >= 0.6 is 0 Å². The molecule has 51 heavy (non-hydrogen) atoms. The van der Waals surface area contributed by atoms with Crippen LogP contribution in [0.25, 0.3) is 10.9 Å². The number of benzene rings is 1. The number of likely N-dealkylation sites (tertiary alicyclic amines) is 1. The molecule has 2 aromatic rings. The number of aliphatic hydroxyl groups is 2. The lowest BCUT2D eigenvalue weighted by Crippen LogP contribution is -2.50. The molecule has 1 amide bonds. The maximum absolute atomic E-state index is 14.5. The first kappa shape index (κ1) is 42.9. The zero-order valence-electron chi connectivity index (χ0n) is 31.3. The minimum atomic E-state index is -3.39. The molecule has 5 aliphatic rings. The van der Waals surface area contributed by atoms with Crippen LogP contribution in [0.15, 0.2) is 24.3 Å². The molecule has 3 N–H and O–H groups in total. The number of carboxylic acid groups (broad SMARTS) is 1. The first-order valence-electron chi connectivity index (χ1n) is 19.2. The second kappa shape index (κ2) is 19.0. The Morgan fingerprint density at radius 2 is 1.63 bits per heavy atom. The number of para-hydroxylation sites is 1. The number of aliphatic hydroxyl groups excluding tert-OH is 1. The fraction of sp³-hybridized carbons (Fsp3) is 0.744. The Balaban J connectivity index is 0.000000360. The van der Waals surface area contributed by atoms with E-state index in [9.17, 15) is 37.7 Å².